The topological polar surface area (TPSA) is 56.1 Å². The normalized spacial score (nSPS) is 24.5. The molecule has 26 heavy (non-hydrogen) atoms. The summed E-state index contributed by atoms with van der Waals surface area (Å²) < 4.78 is 0. The zero-order chi connectivity index (χ0) is 18.3. The van der Waals surface area contributed by atoms with Crippen LogP contribution < -0.4 is 10.2 Å². The van der Waals surface area contributed by atoms with Crippen molar-refractivity contribution in [3.05, 3.63) is 59.7 Å². The van der Waals surface area contributed by atoms with Crippen LogP contribution in [0.15, 0.2) is 48.5 Å². The Balaban J connectivity index is 1.76. The highest BCUT2D eigenvalue weighted by Crippen LogP contribution is 2.49. The molecule has 132 valence electrons. The molecule has 0 spiro atoms. The first-order valence-corrected chi connectivity index (χ1v) is 9.25. The van der Waals surface area contributed by atoms with Crippen LogP contribution >= 0.6 is 0 Å². The van der Waals surface area contributed by atoms with Gasteiger partial charge in [0.15, 0.2) is 0 Å². The summed E-state index contributed by atoms with van der Waals surface area (Å²) in [5.74, 6) is 0.982. The Morgan fingerprint density at radius 1 is 1.19 bits per heavy atom. The van der Waals surface area contributed by atoms with E-state index in [1.807, 2.05) is 41.3 Å². The average Bonchev–Trinajstić information content (AvgIpc) is 3.48. The molecular weight excluding hydrogens is 322 g/mol. The predicted octanol–water partition coefficient (Wildman–Crippen LogP) is 4.49. The quantitative estimate of drug-likeness (QED) is 0.891. The molecule has 1 aliphatic heterocycles. The highest BCUT2D eigenvalue weighted by Gasteiger charge is 2.47. The van der Waals surface area contributed by atoms with Gasteiger partial charge >= 0.3 is 0 Å². The van der Waals surface area contributed by atoms with Gasteiger partial charge in [-0.05, 0) is 48.6 Å². The maximum atomic E-state index is 12.5. The summed E-state index contributed by atoms with van der Waals surface area (Å²) in [4.78, 5) is 14.5. The molecule has 2 aromatic rings. The van der Waals surface area contributed by atoms with Gasteiger partial charge in [0.05, 0.1) is 17.7 Å². The molecular formula is C22H23N3O. The highest BCUT2D eigenvalue weighted by molar-refractivity contribution is 5.94. The number of nitrogens with one attached hydrogen (secondary N) is 1. The largest absolute Gasteiger partial charge is 0.378 e. The molecule has 4 heteroatoms. The molecule has 1 amide bonds. The molecule has 0 aromatic heterocycles. The SMILES string of the molecule is CC(=O)N1c2ccccc2[C@H](Nc2cccc(C#N)c2)[C@@H](C)C1C1CC1. The summed E-state index contributed by atoms with van der Waals surface area (Å²) in [6, 6.07) is 18.3. The van der Waals surface area contributed by atoms with E-state index in [4.69, 9.17) is 0 Å². The first kappa shape index (κ1) is 16.7. The van der Waals surface area contributed by atoms with E-state index in [-0.39, 0.29) is 23.9 Å². The molecule has 2 aliphatic rings. The number of hydrogen-bond acceptors (Lipinski definition) is 3. The minimum absolute atomic E-state index is 0.112. The third-order valence-corrected chi connectivity index (χ3v) is 5.65. The zero-order valence-corrected chi connectivity index (χ0v) is 15.1. The molecule has 1 heterocycles. The number of fused-ring (bicyclic) bond motifs is 1. The van der Waals surface area contributed by atoms with Crippen LogP contribution in [-0.2, 0) is 4.79 Å². The number of carbonyl (C=O) groups excluding carboxylic acids is 1. The summed E-state index contributed by atoms with van der Waals surface area (Å²) in [5.41, 5.74) is 3.76. The number of hydrogen-bond donors (Lipinski definition) is 1. The van der Waals surface area contributed by atoms with Crippen molar-refractivity contribution in [2.75, 3.05) is 10.2 Å². The molecule has 1 aliphatic carbocycles. The van der Waals surface area contributed by atoms with E-state index in [0.29, 0.717) is 11.5 Å². The van der Waals surface area contributed by atoms with Crippen LogP contribution in [0.1, 0.15) is 43.9 Å². The van der Waals surface area contributed by atoms with Gasteiger partial charge in [0.25, 0.3) is 0 Å². The third-order valence-electron chi connectivity index (χ3n) is 5.65. The van der Waals surface area contributed by atoms with Gasteiger partial charge < -0.3 is 10.2 Å². The Bertz CT molecular complexity index is 881. The van der Waals surface area contributed by atoms with Crippen LogP contribution in [0.4, 0.5) is 11.4 Å². The lowest BCUT2D eigenvalue weighted by Crippen LogP contribution is -2.51. The van der Waals surface area contributed by atoms with Crippen LogP contribution in [0, 0.1) is 23.2 Å². The standard InChI is InChI=1S/C22H23N3O/c1-14-21(24-18-7-5-6-16(12-18)13-23)19-8-3-4-9-20(19)25(15(2)26)22(14)17-10-11-17/h3-9,12,14,17,21-22,24H,10-11H2,1-2H3/t14-,21-,22?/m1/s1. The van der Waals surface area contributed by atoms with Gasteiger partial charge in [-0.3, -0.25) is 4.79 Å². The van der Waals surface area contributed by atoms with E-state index in [1.165, 1.54) is 12.8 Å². The fraction of sp³-hybridized carbons (Fsp3) is 0.364. The minimum Gasteiger partial charge on any atom is -0.378 e. The molecule has 1 fully saturated rings. The number of amides is 1. The van der Waals surface area contributed by atoms with Crippen LogP contribution in [0.25, 0.3) is 0 Å². The maximum Gasteiger partial charge on any atom is 0.224 e. The Hall–Kier alpha value is -2.80. The van der Waals surface area contributed by atoms with Crippen molar-refractivity contribution >= 4 is 17.3 Å². The summed E-state index contributed by atoms with van der Waals surface area (Å²) in [6.07, 6.45) is 2.38. The first-order chi connectivity index (χ1) is 12.6. The highest BCUT2D eigenvalue weighted by atomic mass is 16.2. The second kappa shape index (κ2) is 6.49. The minimum atomic E-state index is 0.112. The van der Waals surface area contributed by atoms with Gasteiger partial charge in [-0.15, -0.1) is 0 Å². The number of nitriles is 1. The molecule has 1 N–H and O–H groups in total. The molecule has 1 unspecified atom stereocenters. The second-order valence-corrected chi connectivity index (χ2v) is 7.45. The number of benzene rings is 2. The van der Waals surface area contributed by atoms with Crippen LogP contribution in [0.2, 0.25) is 0 Å². The molecule has 0 radical (unpaired) electrons. The lowest BCUT2D eigenvalue weighted by Gasteiger charge is -2.46. The van der Waals surface area contributed by atoms with Crippen molar-refractivity contribution < 1.29 is 4.79 Å². The van der Waals surface area contributed by atoms with Gasteiger partial charge in [0, 0.05) is 30.3 Å². The average molecular weight is 345 g/mol. The first-order valence-electron chi connectivity index (χ1n) is 9.25. The second-order valence-electron chi connectivity index (χ2n) is 7.45. The summed E-state index contributed by atoms with van der Waals surface area (Å²) in [7, 11) is 0. The van der Waals surface area contributed by atoms with Crippen LogP contribution in [0.5, 0.6) is 0 Å². The van der Waals surface area contributed by atoms with Crippen LogP contribution in [-0.4, -0.2) is 11.9 Å². The Morgan fingerprint density at radius 2 is 1.96 bits per heavy atom. The molecule has 4 nitrogen and oxygen atoms in total. The predicted molar refractivity (Wildman–Crippen MR) is 103 cm³/mol. The molecule has 4 rings (SSSR count). The molecule has 0 saturated heterocycles. The van der Waals surface area contributed by atoms with Gasteiger partial charge in [0.1, 0.15) is 0 Å². The molecule has 2 aromatic carbocycles. The van der Waals surface area contributed by atoms with Crippen molar-refractivity contribution in [2.24, 2.45) is 11.8 Å². The van der Waals surface area contributed by atoms with Crippen molar-refractivity contribution in [3.8, 4) is 6.07 Å². The molecule has 3 atom stereocenters. The van der Waals surface area contributed by atoms with Gasteiger partial charge in [-0.1, -0.05) is 31.2 Å². The Kier molecular flexibility index (Phi) is 4.16. The van der Waals surface area contributed by atoms with Gasteiger partial charge in [-0.2, -0.15) is 5.26 Å². The number of nitrogens with zero attached hydrogens (tertiary/aromatic N) is 2. The summed E-state index contributed by atoms with van der Waals surface area (Å²) in [6.45, 7) is 3.91. The monoisotopic (exact) mass is 345 g/mol. The van der Waals surface area contributed by atoms with Crippen molar-refractivity contribution in [1.29, 1.82) is 5.26 Å². The number of carbonyl (C=O) groups is 1. The molecule has 1 saturated carbocycles. The Labute approximate surface area is 154 Å². The fourth-order valence-corrected chi connectivity index (χ4v) is 4.37. The van der Waals surface area contributed by atoms with Crippen molar-refractivity contribution in [3.63, 3.8) is 0 Å². The van der Waals surface area contributed by atoms with E-state index in [2.05, 4.69) is 30.4 Å². The zero-order valence-electron chi connectivity index (χ0n) is 15.1. The third kappa shape index (κ3) is 2.84. The van der Waals surface area contributed by atoms with Gasteiger partial charge in [-0.25, -0.2) is 0 Å². The van der Waals surface area contributed by atoms with Crippen molar-refractivity contribution in [2.45, 2.75) is 38.8 Å². The number of para-hydroxylation sites is 1. The van der Waals surface area contributed by atoms with Crippen molar-refractivity contribution in [1.82, 2.24) is 0 Å². The van der Waals surface area contributed by atoms with E-state index in [9.17, 15) is 10.1 Å². The summed E-state index contributed by atoms with van der Waals surface area (Å²) >= 11 is 0. The summed E-state index contributed by atoms with van der Waals surface area (Å²) in [5, 5.41) is 12.8. The Morgan fingerprint density at radius 3 is 2.65 bits per heavy atom. The smallest absolute Gasteiger partial charge is 0.224 e. The number of anilines is 2. The van der Waals surface area contributed by atoms with E-state index < -0.39 is 0 Å². The lowest BCUT2D eigenvalue weighted by molar-refractivity contribution is -0.117. The fourth-order valence-electron chi connectivity index (χ4n) is 4.37. The van der Waals surface area contributed by atoms with E-state index in [1.54, 1.807) is 6.92 Å². The molecule has 0 bridgehead atoms. The van der Waals surface area contributed by atoms with Gasteiger partial charge in [0.2, 0.25) is 5.91 Å². The van der Waals surface area contributed by atoms with E-state index in [0.717, 1.165) is 16.9 Å². The van der Waals surface area contributed by atoms with Crippen LogP contribution in [0.3, 0.4) is 0 Å². The maximum absolute atomic E-state index is 12.5. The number of rotatable bonds is 3. The lowest BCUT2D eigenvalue weighted by atomic mass is 9.80. The van der Waals surface area contributed by atoms with E-state index >= 15 is 0 Å².